The second-order valence-electron chi connectivity index (χ2n) is 7.03. The molecule has 1 saturated heterocycles. The van der Waals surface area contributed by atoms with Crippen molar-refractivity contribution >= 4 is 5.78 Å². The van der Waals surface area contributed by atoms with E-state index in [1.54, 1.807) is 0 Å². The average Bonchev–Trinajstić information content (AvgIpc) is 3.33. The van der Waals surface area contributed by atoms with Crippen LogP contribution in [0.2, 0.25) is 0 Å². The lowest BCUT2D eigenvalue weighted by Gasteiger charge is -2.03. The number of unbranched alkanes of at least 4 members (excludes halogenated alkanes) is 11. The predicted molar refractivity (Wildman–Crippen MR) is 94.3 cm³/mol. The van der Waals surface area contributed by atoms with Crippen LogP contribution in [0.15, 0.2) is 0 Å². The maximum absolute atomic E-state index is 11.8. The average molecular weight is 311 g/mol. The summed E-state index contributed by atoms with van der Waals surface area (Å²) in [5, 5.41) is 0. The molecule has 0 radical (unpaired) electrons. The first kappa shape index (κ1) is 19.7. The summed E-state index contributed by atoms with van der Waals surface area (Å²) in [5.74, 6) is 0.499. The van der Waals surface area contributed by atoms with Crippen molar-refractivity contribution in [3.63, 3.8) is 0 Å². The summed E-state index contributed by atoms with van der Waals surface area (Å²) in [6.07, 6.45) is 20.3. The van der Waals surface area contributed by atoms with Gasteiger partial charge in [-0.2, -0.15) is 0 Å². The van der Waals surface area contributed by atoms with Gasteiger partial charge in [-0.3, -0.25) is 4.79 Å². The Labute approximate surface area is 138 Å². The van der Waals surface area contributed by atoms with Gasteiger partial charge in [0, 0.05) is 12.8 Å². The molecule has 1 atom stereocenters. The number of hydrogen-bond donors (Lipinski definition) is 0. The van der Waals surface area contributed by atoms with E-state index in [1.807, 2.05) is 0 Å². The molecule has 1 heterocycles. The first-order valence-corrected chi connectivity index (χ1v) is 9.96. The summed E-state index contributed by atoms with van der Waals surface area (Å²) in [6.45, 7) is 3.25. The molecule has 0 aromatic heterocycles. The number of ether oxygens (including phenoxy) is 1. The Hall–Kier alpha value is -0.370. The second kappa shape index (κ2) is 14.2. The molecule has 0 bridgehead atoms. The molecule has 0 aromatic carbocycles. The van der Waals surface area contributed by atoms with Crippen molar-refractivity contribution in [2.75, 3.05) is 6.61 Å². The van der Waals surface area contributed by atoms with Crippen LogP contribution >= 0.6 is 0 Å². The molecule has 1 aliphatic rings. The van der Waals surface area contributed by atoms with Crippen LogP contribution in [0.3, 0.4) is 0 Å². The van der Waals surface area contributed by atoms with E-state index in [0.29, 0.717) is 11.9 Å². The number of epoxide rings is 1. The normalized spacial score (nSPS) is 16.9. The first-order chi connectivity index (χ1) is 10.8. The third kappa shape index (κ3) is 13.3. The van der Waals surface area contributed by atoms with Crippen LogP contribution in [-0.2, 0) is 9.53 Å². The molecule has 2 nitrogen and oxygen atoms in total. The molecule has 0 amide bonds. The molecule has 1 unspecified atom stereocenters. The van der Waals surface area contributed by atoms with Gasteiger partial charge in [-0.15, -0.1) is 0 Å². The minimum Gasteiger partial charge on any atom is -0.373 e. The van der Waals surface area contributed by atoms with Crippen LogP contribution < -0.4 is 0 Å². The van der Waals surface area contributed by atoms with Gasteiger partial charge in [0.1, 0.15) is 5.78 Å². The molecule has 0 saturated carbocycles. The number of rotatable bonds is 17. The fourth-order valence-corrected chi connectivity index (χ4v) is 3.04. The highest BCUT2D eigenvalue weighted by Gasteiger charge is 2.20. The maximum atomic E-state index is 11.8. The van der Waals surface area contributed by atoms with Gasteiger partial charge in [0.25, 0.3) is 0 Å². The molecule has 0 aromatic rings. The highest BCUT2D eigenvalue weighted by atomic mass is 16.6. The fraction of sp³-hybridized carbons (Fsp3) is 0.950. The van der Waals surface area contributed by atoms with Crippen LogP contribution in [0.25, 0.3) is 0 Å². The lowest BCUT2D eigenvalue weighted by Crippen LogP contribution is -1.97. The van der Waals surface area contributed by atoms with Crippen molar-refractivity contribution in [1.82, 2.24) is 0 Å². The maximum Gasteiger partial charge on any atom is 0.132 e. The molecule has 1 aliphatic heterocycles. The molecule has 0 aliphatic carbocycles. The molecule has 22 heavy (non-hydrogen) atoms. The number of carbonyl (C=O) groups excluding carboxylic acids is 1. The van der Waals surface area contributed by atoms with Crippen LogP contribution in [0, 0.1) is 0 Å². The summed E-state index contributed by atoms with van der Waals surface area (Å²) in [4.78, 5) is 11.8. The summed E-state index contributed by atoms with van der Waals surface area (Å²) in [7, 11) is 0. The Morgan fingerprint density at radius 2 is 1.23 bits per heavy atom. The van der Waals surface area contributed by atoms with Gasteiger partial charge in [0.2, 0.25) is 0 Å². The van der Waals surface area contributed by atoms with Gasteiger partial charge in [-0.25, -0.2) is 0 Å². The monoisotopic (exact) mass is 310 g/mol. The zero-order chi connectivity index (χ0) is 15.9. The number of ketones is 1. The molecular formula is C20H38O2. The standard InChI is InChI=1S/C20H38O2/c1-2-3-4-5-6-9-12-15-19(21)16-13-10-7-8-11-14-17-20-18-22-20/h20H,2-18H2,1H3. The van der Waals surface area contributed by atoms with Crippen molar-refractivity contribution in [3.05, 3.63) is 0 Å². The second-order valence-corrected chi connectivity index (χ2v) is 7.03. The van der Waals surface area contributed by atoms with Crippen LogP contribution in [-0.4, -0.2) is 18.5 Å². The Kier molecular flexibility index (Phi) is 12.7. The van der Waals surface area contributed by atoms with Gasteiger partial charge in [0.15, 0.2) is 0 Å². The molecule has 2 heteroatoms. The largest absolute Gasteiger partial charge is 0.373 e. The van der Waals surface area contributed by atoms with E-state index in [9.17, 15) is 4.79 Å². The van der Waals surface area contributed by atoms with E-state index in [1.165, 1.54) is 77.0 Å². The zero-order valence-electron chi connectivity index (χ0n) is 14.9. The van der Waals surface area contributed by atoms with Gasteiger partial charge in [-0.1, -0.05) is 77.6 Å². The summed E-state index contributed by atoms with van der Waals surface area (Å²) >= 11 is 0. The third-order valence-electron chi connectivity index (χ3n) is 4.69. The van der Waals surface area contributed by atoms with E-state index >= 15 is 0 Å². The minimum atomic E-state index is 0.499. The Balaban J connectivity index is 1.71. The van der Waals surface area contributed by atoms with Crippen molar-refractivity contribution < 1.29 is 9.53 Å². The van der Waals surface area contributed by atoms with E-state index in [0.717, 1.165) is 32.3 Å². The van der Waals surface area contributed by atoms with Crippen molar-refractivity contribution in [3.8, 4) is 0 Å². The molecule has 1 rings (SSSR count). The number of carbonyl (C=O) groups is 1. The topological polar surface area (TPSA) is 29.6 Å². The highest BCUT2D eigenvalue weighted by molar-refractivity contribution is 5.78. The fourth-order valence-electron chi connectivity index (χ4n) is 3.04. The van der Waals surface area contributed by atoms with Gasteiger partial charge in [-0.05, 0) is 19.3 Å². The minimum absolute atomic E-state index is 0.499. The molecule has 130 valence electrons. The van der Waals surface area contributed by atoms with Crippen LogP contribution in [0.5, 0.6) is 0 Å². The van der Waals surface area contributed by atoms with Crippen LogP contribution in [0.4, 0.5) is 0 Å². The van der Waals surface area contributed by atoms with Crippen molar-refractivity contribution in [2.24, 2.45) is 0 Å². The first-order valence-electron chi connectivity index (χ1n) is 9.96. The van der Waals surface area contributed by atoms with Crippen molar-refractivity contribution in [1.29, 1.82) is 0 Å². The Bertz CT molecular complexity index is 258. The lowest BCUT2D eigenvalue weighted by molar-refractivity contribution is -0.119. The summed E-state index contributed by atoms with van der Waals surface area (Å²) in [6, 6.07) is 0. The van der Waals surface area contributed by atoms with Crippen molar-refractivity contribution in [2.45, 2.75) is 116 Å². The lowest BCUT2D eigenvalue weighted by atomic mass is 10.0. The molecule has 0 spiro atoms. The van der Waals surface area contributed by atoms with E-state index in [4.69, 9.17) is 4.74 Å². The zero-order valence-corrected chi connectivity index (χ0v) is 14.9. The predicted octanol–water partition coefficient (Wildman–Crippen LogP) is 6.22. The molecule has 1 fully saturated rings. The van der Waals surface area contributed by atoms with E-state index in [2.05, 4.69) is 6.92 Å². The highest BCUT2D eigenvalue weighted by Crippen LogP contribution is 2.18. The van der Waals surface area contributed by atoms with Gasteiger partial charge in [0.05, 0.1) is 12.7 Å². The Morgan fingerprint density at radius 3 is 1.73 bits per heavy atom. The van der Waals surface area contributed by atoms with E-state index < -0.39 is 0 Å². The number of hydrogen-bond acceptors (Lipinski definition) is 2. The van der Waals surface area contributed by atoms with Gasteiger partial charge >= 0.3 is 0 Å². The summed E-state index contributed by atoms with van der Waals surface area (Å²) < 4.78 is 5.21. The smallest absolute Gasteiger partial charge is 0.132 e. The summed E-state index contributed by atoms with van der Waals surface area (Å²) in [5.41, 5.74) is 0. The van der Waals surface area contributed by atoms with Crippen LogP contribution in [0.1, 0.15) is 110 Å². The van der Waals surface area contributed by atoms with Gasteiger partial charge < -0.3 is 4.74 Å². The third-order valence-corrected chi connectivity index (χ3v) is 4.69. The number of Topliss-reactive ketones (excluding diaryl/α,β-unsaturated/α-hetero) is 1. The quantitative estimate of drug-likeness (QED) is 0.236. The van der Waals surface area contributed by atoms with E-state index in [-0.39, 0.29) is 0 Å². The Morgan fingerprint density at radius 1 is 0.773 bits per heavy atom. The molecule has 0 N–H and O–H groups in total. The SMILES string of the molecule is CCCCCCCCCC(=O)CCCCCCCCC1CO1. The molecular weight excluding hydrogens is 272 g/mol.